The molecule has 2 heterocycles. The normalized spacial score (nSPS) is 13.0. The Morgan fingerprint density at radius 3 is 2.93 bits per heavy atom. The monoisotopic (exact) mass is 223 g/mol. The van der Waals surface area contributed by atoms with Crippen molar-refractivity contribution >= 4 is 11.3 Å². The van der Waals surface area contributed by atoms with Gasteiger partial charge in [-0.25, -0.2) is 4.98 Å². The largest absolute Gasteiger partial charge is 0.386 e. The maximum atomic E-state index is 9.90. The van der Waals surface area contributed by atoms with Gasteiger partial charge in [0.2, 0.25) is 0 Å². The van der Waals surface area contributed by atoms with Gasteiger partial charge in [0.25, 0.3) is 0 Å². The van der Waals surface area contributed by atoms with E-state index in [-0.39, 0.29) is 0 Å². The van der Waals surface area contributed by atoms with Crippen LogP contribution < -0.4 is 0 Å². The Labute approximate surface area is 92.2 Å². The van der Waals surface area contributed by atoms with Crippen LogP contribution in [0.3, 0.4) is 0 Å². The molecule has 0 fully saturated rings. The van der Waals surface area contributed by atoms with Crippen LogP contribution in [0.25, 0.3) is 0 Å². The van der Waals surface area contributed by atoms with Crippen LogP contribution in [0, 0.1) is 6.92 Å². The van der Waals surface area contributed by atoms with Gasteiger partial charge in [0.05, 0.1) is 5.69 Å². The highest BCUT2D eigenvalue weighted by Gasteiger charge is 2.13. The molecule has 0 spiro atoms. The highest BCUT2D eigenvalue weighted by atomic mass is 32.1. The first-order chi connectivity index (χ1) is 7.15. The number of rotatable bonds is 3. The molecule has 1 atom stereocenters. The fourth-order valence-corrected chi connectivity index (χ4v) is 2.16. The minimum atomic E-state index is -0.543. The fourth-order valence-electron chi connectivity index (χ4n) is 1.38. The molecule has 15 heavy (non-hydrogen) atoms. The molecule has 80 valence electrons. The third-order valence-corrected chi connectivity index (χ3v) is 3.16. The van der Waals surface area contributed by atoms with Crippen molar-refractivity contribution in [1.29, 1.82) is 0 Å². The average Bonchev–Trinajstić information content (AvgIpc) is 2.75. The summed E-state index contributed by atoms with van der Waals surface area (Å²) in [5, 5.41) is 16.8. The van der Waals surface area contributed by atoms with Crippen molar-refractivity contribution < 1.29 is 5.11 Å². The molecular weight excluding hydrogens is 210 g/mol. The Bertz CT molecular complexity index is 449. The van der Waals surface area contributed by atoms with Crippen molar-refractivity contribution in [3.63, 3.8) is 0 Å². The van der Waals surface area contributed by atoms with Crippen molar-refractivity contribution in [2.75, 3.05) is 0 Å². The zero-order chi connectivity index (χ0) is 10.8. The number of aromatic nitrogens is 3. The van der Waals surface area contributed by atoms with Gasteiger partial charge in [-0.05, 0) is 13.0 Å². The smallest absolute Gasteiger partial charge is 0.122 e. The minimum absolute atomic E-state index is 0.522. The molecule has 0 radical (unpaired) electrons. The van der Waals surface area contributed by atoms with Gasteiger partial charge in [-0.2, -0.15) is 5.10 Å². The summed E-state index contributed by atoms with van der Waals surface area (Å²) < 4.78 is 1.73. The van der Waals surface area contributed by atoms with E-state index in [4.69, 9.17) is 0 Å². The van der Waals surface area contributed by atoms with E-state index in [1.54, 1.807) is 4.68 Å². The summed E-state index contributed by atoms with van der Waals surface area (Å²) >= 11 is 1.49. The summed E-state index contributed by atoms with van der Waals surface area (Å²) in [6, 6.07) is 1.91. The zero-order valence-electron chi connectivity index (χ0n) is 8.71. The maximum absolute atomic E-state index is 9.90. The van der Waals surface area contributed by atoms with E-state index in [1.165, 1.54) is 11.3 Å². The predicted molar refractivity (Wildman–Crippen MR) is 58.7 cm³/mol. The van der Waals surface area contributed by atoms with E-state index >= 15 is 0 Å². The molecule has 0 aromatic carbocycles. The van der Waals surface area contributed by atoms with Crippen molar-refractivity contribution in [2.24, 2.45) is 7.05 Å². The zero-order valence-corrected chi connectivity index (χ0v) is 9.53. The molecule has 0 aliphatic carbocycles. The number of thiazole rings is 1. The van der Waals surface area contributed by atoms with Gasteiger partial charge in [0.15, 0.2) is 0 Å². The summed E-state index contributed by atoms with van der Waals surface area (Å²) in [5.41, 5.74) is 1.84. The third kappa shape index (κ3) is 2.43. The van der Waals surface area contributed by atoms with Gasteiger partial charge in [-0.1, -0.05) is 0 Å². The average molecular weight is 223 g/mol. The molecule has 0 aliphatic rings. The molecule has 0 amide bonds. The summed E-state index contributed by atoms with van der Waals surface area (Å²) in [6.45, 7) is 1.92. The van der Waals surface area contributed by atoms with E-state index in [2.05, 4.69) is 10.1 Å². The number of hydrogen-bond donors (Lipinski definition) is 1. The van der Waals surface area contributed by atoms with Crippen LogP contribution in [0.2, 0.25) is 0 Å². The van der Waals surface area contributed by atoms with Crippen molar-refractivity contribution in [3.8, 4) is 0 Å². The second-order valence-corrected chi connectivity index (χ2v) is 4.42. The van der Waals surface area contributed by atoms with E-state index in [1.807, 2.05) is 31.6 Å². The number of aliphatic hydroxyl groups excluding tert-OH is 1. The summed E-state index contributed by atoms with van der Waals surface area (Å²) in [5.74, 6) is 0. The van der Waals surface area contributed by atoms with E-state index < -0.39 is 6.10 Å². The molecule has 2 aromatic heterocycles. The van der Waals surface area contributed by atoms with Gasteiger partial charge < -0.3 is 5.11 Å². The molecule has 0 bridgehead atoms. The number of hydrogen-bond acceptors (Lipinski definition) is 4. The summed E-state index contributed by atoms with van der Waals surface area (Å²) in [4.78, 5) is 4.25. The molecule has 0 aliphatic heterocycles. The topological polar surface area (TPSA) is 50.9 Å². The molecule has 0 saturated heterocycles. The predicted octanol–water partition coefficient (Wildman–Crippen LogP) is 1.46. The Hall–Kier alpha value is -1.20. The van der Waals surface area contributed by atoms with Crippen LogP contribution in [0.15, 0.2) is 17.6 Å². The van der Waals surface area contributed by atoms with Crippen molar-refractivity contribution in [3.05, 3.63) is 34.0 Å². The number of aryl methyl sites for hydroxylation is 2. The lowest BCUT2D eigenvalue weighted by Crippen LogP contribution is -2.02. The van der Waals surface area contributed by atoms with Crippen molar-refractivity contribution in [2.45, 2.75) is 19.4 Å². The first-order valence-electron chi connectivity index (χ1n) is 4.74. The van der Waals surface area contributed by atoms with Crippen molar-refractivity contribution in [1.82, 2.24) is 14.8 Å². The molecule has 1 N–H and O–H groups in total. The second-order valence-electron chi connectivity index (χ2n) is 3.53. The lowest BCUT2D eigenvalue weighted by atomic mass is 10.2. The first kappa shape index (κ1) is 10.3. The van der Waals surface area contributed by atoms with Gasteiger partial charge in [-0.15, -0.1) is 11.3 Å². The standard InChI is InChI=1S/C10H13N3OS/c1-7-6-15-10(11-7)9(14)5-8-3-4-13(2)12-8/h3-4,6,9,14H,5H2,1-2H3. The molecule has 5 heteroatoms. The van der Waals surface area contributed by atoms with Gasteiger partial charge in [0, 0.05) is 30.7 Å². The highest BCUT2D eigenvalue weighted by Crippen LogP contribution is 2.20. The van der Waals surface area contributed by atoms with Gasteiger partial charge in [0.1, 0.15) is 11.1 Å². The van der Waals surface area contributed by atoms with Crippen LogP contribution in [0.4, 0.5) is 0 Å². The third-order valence-electron chi connectivity index (χ3n) is 2.09. The van der Waals surface area contributed by atoms with Gasteiger partial charge >= 0.3 is 0 Å². The molecular formula is C10H13N3OS. The SMILES string of the molecule is Cc1csc(C(O)Cc2ccn(C)n2)n1. The Balaban J connectivity index is 2.06. The fraction of sp³-hybridized carbons (Fsp3) is 0.400. The highest BCUT2D eigenvalue weighted by molar-refractivity contribution is 7.09. The van der Waals surface area contributed by atoms with E-state index in [9.17, 15) is 5.11 Å². The van der Waals surface area contributed by atoms with E-state index in [0.717, 1.165) is 16.4 Å². The molecule has 2 aromatic rings. The Morgan fingerprint density at radius 1 is 1.60 bits per heavy atom. The first-order valence-corrected chi connectivity index (χ1v) is 5.62. The maximum Gasteiger partial charge on any atom is 0.122 e. The quantitative estimate of drug-likeness (QED) is 0.857. The molecule has 1 unspecified atom stereocenters. The van der Waals surface area contributed by atoms with Crippen LogP contribution in [-0.4, -0.2) is 19.9 Å². The Kier molecular flexibility index (Phi) is 2.83. The van der Waals surface area contributed by atoms with Crippen LogP contribution >= 0.6 is 11.3 Å². The van der Waals surface area contributed by atoms with Gasteiger partial charge in [-0.3, -0.25) is 4.68 Å². The number of nitrogens with zero attached hydrogens (tertiary/aromatic N) is 3. The Morgan fingerprint density at radius 2 is 2.40 bits per heavy atom. The minimum Gasteiger partial charge on any atom is -0.386 e. The van der Waals surface area contributed by atoms with Crippen LogP contribution in [0.1, 0.15) is 22.5 Å². The van der Waals surface area contributed by atoms with Crippen LogP contribution in [-0.2, 0) is 13.5 Å². The lowest BCUT2D eigenvalue weighted by molar-refractivity contribution is 0.176. The summed E-state index contributed by atoms with van der Waals surface area (Å²) in [6.07, 6.45) is 1.85. The molecule has 0 saturated carbocycles. The lowest BCUT2D eigenvalue weighted by Gasteiger charge is -2.04. The van der Waals surface area contributed by atoms with Crippen LogP contribution in [0.5, 0.6) is 0 Å². The summed E-state index contributed by atoms with van der Waals surface area (Å²) in [7, 11) is 1.86. The second kappa shape index (κ2) is 4.12. The van der Waals surface area contributed by atoms with E-state index in [0.29, 0.717) is 6.42 Å². The molecule has 2 rings (SSSR count). The molecule has 4 nitrogen and oxygen atoms in total. The number of aliphatic hydroxyl groups is 1.